The first-order chi connectivity index (χ1) is 10.3. The first kappa shape index (κ1) is 12.4. The van der Waals surface area contributed by atoms with E-state index in [1.54, 1.807) is 11.3 Å². The third kappa shape index (κ3) is 2.08. The predicted molar refractivity (Wildman–Crippen MR) is 85.4 cm³/mol. The minimum atomic E-state index is 0.308. The Bertz CT molecular complexity index is 801. The van der Waals surface area contributed by atoms with Gasteiger partial charge in [0.25, 0.3) is 0 Å². The van der Waals surface area contributed by atoms with E-state index in [9.17, 15) is 0 Å². The summed E-state index contributed by atoms with van der Waals surface area (Å²) in [7, 11) is 0. The number of rotatable bonds is 1. The van der Waals surface area contributed by atoms with Gasteiger partial charge in [0, 0.05) is 6.54 Å². The van der Waals surface area contributed by atoms with Crippen LogP contribution in [0.3, 0.4) is 0 Å². The Labute approximate surface area is 126 Å². The highest BCUT2D eigenvalue weighted by Crippen LogP contribution is 2.38. The highest BCUT2D eigenvalue weighted by Gasteiger charge is 2.21. The molecule has 0 saturated heterocycles. The molecule has 1 aliphatic heterocycles. The molecule has 0 bridgehead atoms. The molecule has 21 heavy (non-hydrogen) atoms. The number of aromatic nitrogens is 2. The minimum Gasteiger partial charge on any atom is -0.491 e. The number of nitrogens with two attached hydrogens (primary N) is 1. The second-order valence-electron chi connectivity index (χ2n) is 4.87. The van der Waals surface area contributed by atoms with E-state index < -0.39 is 0 Å². The maximum Gasteiger partial charge on any atom is 0.223 e. The van der Waals surface area contributed by atoms with E-state index in [4.69, 9.17) is 10.5 Å². The molecule has 0 radical (unpaired) electrons. The summed E-state index contributed by atoms with van der Waals surface area (Å²) in [6, 6.07) is 10.1. The second-order valence-corrected chi connectivity index (χ2v) is 5.76. The van der Waals surface area contributed by atoms with Crippen LogP contribution in [0, 0.1) is 0 Å². The summed E-state index contributed by atoms with van der Waals surface area (Å²) >= 11 is 1.58. The van der Waals surface area contributed by atoms with Crippen LogP contribution in [0.2, 0.25) is 0 Å². The van der Waals surface area contributed by atoms with Crippen LogP contribution in [-0.2, 0) is 0 Å². The molecule has 6 heteroatoms. The highest BCUT2D eigenvalue weighted by atomic mass is 32.1. The van der Waals surface area contributed by atoms with Crippen molar-refractivity contribution in [3.63, 3.8) is 0 Å². The molecule has 3 heterocycles. The number of ether oxygens (including phenoxy) is 1. The fourth-order valence-electron chi connectivity index (χ4n) is 2.61. The molecule has 0 spiro atoms. The van der Waals surface area contributed by atoms with Gasteiger partial charge in [-0.25, -0.2) is 4.98 Å². The van der Waals surface area contributed by atoms with Gasteiger partial charge in [0.2, 0.25) is 5.95 Å². The zero-order chi connectivity index (χ0) is 14.2. The van der Waals surface area contributed by atoms with Gasteiger partial charge in [-0.05, 0) is 30.0 Å². The molecule has 2 aromatic heterocycles. The summed E-state index contributed by atoms with van der Waals surface area (Å²) in [5.74, 6) is 2.05. The third-order valence-electron chi connectivity index (χ3n) is 3.52. The number of hydrogen-bond donors (Lipinski definition) is 1. The van der Waals surface area contributed by atoms with Crippen LogP contribution in [0.4, 0.5) is 17.5 Å². The van der Waals surface area contributed by atoms with Crippen molar-refractivity contribution in [2.75, 3.05) is 23.8 Å². The van der Waals surface area contributed by atoms with Gasteiger partial charge in [0.15, 0.2) is 0 Å². The van der Waals surface area contributed by atoms with Crippen molar-refractivity contribution in [3.05, 3.63) is 35.7 Å². The number of para-hydroxylation sites is 2. The Hall–Kier alpha value is -2.34. The normalized spacial score (nSPS) is 14.6. The largest absolute Gasteiger partial charge is 0.491 e. The Morgan fingerprint density at radius 2 is 2.10 bits per heavy atom. The Kier molecular flexibility index (Phi) is 2.89. The van der Waals surface area contributed by atoms with E-state index in [1.165, 1.54) is 0 Å². The lowest BCUT2D eigenvalue weighted by atomic mass is 10.2. The second kappa shape index (κ2) is 4.89. The van der Waals surface area contributed by atoms with Crippen molar-refractivity contribution >= 4 is 39.0 Å². The van der Waals surface area contributed by atoms with Crippen molar-refractivity contribution in [1.82, 2.24) is 9.97 Å². The lowest BCUT2D eigenvalue weighted by molar-refractivity contribution is 0.322. The molecule has 5 nitrogen and oxygen atoms in total. The Morgan fingerprint density at radius 1 is 1.19 bits per heavy atom. The van der Waals surface area contributed by atoms with Gasteiger partial charge < -0.3 is 15.4 Å². The van der Waals surface area contributed by atoms with Crippen molar-refractivity contribution in [2.45, 2.75) is 6.42 Å². The zero-order valence-corrected chi connectivity index (χ0v) is 12.1. The van der Waals surface area contributed by atoms with Crippen molar-refractivity contribution < 1.29 is 4.74 Å². The summed E-state index contributed by atoms with van der Waals surface area (Å²) in [6.07, 6.45) is 0.935. The first-order valence-corrected chi connectivity index (χ1v) is 7.71. The first-order valence-electron chi connectivity index (χ1n) is 6.83. The smallest absolute Gasteiger partial charge is 0.223 e. The van der Waals surface area contributed by atoms with Crippen LogP contribution >= 0.6 is 11.3 Å². The zero-order valence-electron chi connectivity index (χ0n) is 11.3. The molecule has 0 aliphatic carbocycles. The van der Waals surface area contributed by atoms with Crippen LogP contribution < -0.4 is 15.4 Å². The lowest BCUT2D eigenvalue weighted by Crippen LogP contribution is -2.19. The molecule has 3 aromatic rings. The van der Waals surface area contributed by atoms with Crippen LogP contribution in [0.1, 0.15) is 6.42 Å². The Balaban J connectivity index is 1.94. The molecule has 1 aromatic carbocycles. The minimum absolute atomic E-state index is 0.308. The van der Waals surface area contributed by atoms with Crippen LogP contribution in [0.5, 0.6) is 5.75 Å². The monoisotopic (exact) mass is 298 g/mol. The molecular formula is C15H14N4OS. The number of hydrogen-bond acceptors (Lipinski definition) is 6. The van der Waals surface area contributed by atoms with E-state index in [0.29, 0.717) is 12.6 Å². The highest BCUT2D eigenvalue weighted by molar-refractivity contribution is 7.16. The summed E-state index contributed by atoms with van der Waals surface area (Å²) in [5.41, 5.74) is 6.90. The van der Waals surface area contributed by atoms with Crippen molar-refractivity contribution in [2.24, 2.45) is 0 Å². The van der Waals surface area contributed by atoms with E-state index >= 15 is 0 Å². The van der Waals surface area contributed by atoms with E-state index in [2.05, 4.69) is 20.9 Å². The Morgan fingerprint density at radius 3 is 3.05 bits per heavy atom. The SMILES string of the molecule is Nc1nc(N2CCCOc3ccccc32)c2ccsc2n1. The van der Waals surface area contributed by atoms with E-state index in [1.807, 2.05) is 29.6 Å². The maximum absolute atomic E-state index is 5.88. The summed E-state index contributed by atoms with van der Waals surface area (Å²) < 4.78 is 5.81. The molecule has 0 atom stereocenters. The number of nitrogens with zero attached hydrogens (tertiary/aromatic N) is 3. The third-order valence-corrected chi connectivity index (χ3v) is 4.32. The van der Waals surface area contributed by atoms with Crippen LogP contribution in [0.15, 0.2) is 35.7 Å². The summed E-state index contributed by atoms with van der Waals surface area (Å²) in [5, 5.41) is 3.05. The van der Waals surface area contributed by atoms with Gasteiger partial charge in [-0.3, -0.25) is 0 Å². The topological polar surface area (TPSA) is 64.3 Å². The summed E-state index contributed by atoms with van der Waals surface area (Å²) in [6.45, 7) is 1.55. The van der Waals surface area contributed by atoms with Crippen LogP contribution in [-0.4, -0.2) is 23.1 Å². The van der Waals surface area contributed by atoms with E-state index in [0.717, 1.165) is 40.4 Å². The van der Waals surface area contributed by atoms with E-state index in [-0.39, 0.29) is 0 Å². The average molecular weight is 298 g/mol. The molecule has 0 saturated carbocycles. The maximum atomic E-state index is 5.88. The molecule has 1 aliphatic rings. The molecule has 0 fully saturated rings. The van der Waals surface area contributed by atoms with Crippen molar-refractivity contribution in [3.8, 4) is 5.75 Å². The van der Waals surface area contributed by atoms with Crippen LogP contribution in [0.25, 0.3) is 10.2 Å². The number of anilines is 3. The molecule has 4 rings (SSSR count). The molecule has 2 N–H and O–H groups in total. The van der Waals surface area contributed by atoms with Gasteiger partial charge >= 0.3 is 0 Å². The number of thiophene rings is 1. The van der Waals surface area contributed by atoms with Gasteiger partial charge in [-0.1, -0.05) is 12.1 Å². The van der Waals surface area contributed by atoms with Gasteiger partial charge in [-0.15, -0.1) is 11.3 Å². The molecule has 0 amide bonds. The standard InChI is InChI=1S/C15H14N4OS/c16-15-17-13(10-6-9-21-14(10)18-15)19-7-3-8-20-12-5-2-1-4-11(12)19/h1-2,4-6,9H,3,7-8H2,(H2,16,17,18). The fraction of sp³-hybridized carbons (Fsp3) is 0.200. The lowest BCUT2D eigenvalue weighted by Gasteiger charge is -2.23. The quantitative estimate of drug-likeness (QED) is 0.747. The number of nitrogen functional groups attached to an aromatic ring is 1. The van der Waals surface area contributed by atoms with Crippen molar-refractivity contribution in [1.29, 1.82) is 0 Å². The number of benzene rings is 1. The molecule has 106 valence electrons. The molecule has 0 unspecified atom stereocenters. The summed E-state index contributed by atoms with van der Waals surface area (Å²) in [4.78, 5) is 11.9. The molecular weight excluding hydrogens is 284 g/mol. The average Bonchev–Trinajstić information content (AvgIpc) is 2.85. The van der Waals surface area contributed by atoms with Gasteiger partial charge in [-0.2, -0.15) is 4.98 Å². The van der Waals surface area contributed by atoms with Gasteiger partial charge in [0.05, 0.1) is 17.7 Å². The fourth-order valence-corrected chi connectivity index (χ4v) is 3.37. The van der Waals surface area contributed by atoms with Gasteiger partial charge in [0.1, 0.15) is 16.4 Å². The number of fused-ring (bicyclic) bond motifs is 2. The predicted octanol–water partition coefficient (Wildman–Crippen LogP) is 3.19.